The average molecular weight is 217 g/mol. The molecule has 0 saturated heterocycles. The maximum atomic E-state index is 5.70. The summed E-state index contributed by atoms with van der Waals surface area (Å²) in [5.74, 6) is 2.04. The van der Waals surface area contributed by atoms with Crippen LogP contribution >= 0.6 is 0 Å². The summed E-state index contributed by atoms with van der Waals surface area (Å²) in [7, 11) is 0. The highest BCUT2D eigenvalue weighted by Gasteiger charge is 2.14. The highest BCUT2D eigenvalue weighted by atomic mass is 16.7. The van der Waals surface area contributed by atoms with Crippen LogP contribution in [0.3, 0.4) is 0 Å². The first kappa shape index (κ1) is 9.08. The van der Waals surface area contributed by atoms with Crippen molar-refractivity contribution >= 4 is 5.82 Å². The molecule has 0 amide bonds. The average Bonchev–Trinajstić information content (AvgIpc) is 2.85. The zero-order valence-corrected chi connectivity index (χ0v) is 8.80. The van der Waals surface area contributed by atoms with Crippen molar-refractivity contribution in [1.82, 2.24) is 9.78 Å². The van der Waals surface area contributed by atoms with Gasteiger partial charge >= 0.3 is 0 Å². The van der Waals surface area contributed by atoms with Gasteiger partial charge in [0.2, 0.25) is 6.79 Å². The third kappa shape index (κ3) is 1.29. The standard InChI is InChI=1S/C11H11N3O2/c1-7-5-14(13-11(7)12)8-2-3-9-10(4-8)16-6-15-9/h2-5H,6H2,1H3,(H2,12,13). The lowest BCUT2D eigenvalue weighted by atomic mass is 10.3. The van der Waals surface area contributed by atoms with Gasteiger partial charge in [-0.25, -0.2) is 4.68 Å². The molecule has 16 heavy (non-hydrogen) atoms. The second kappa shape index (κ2) is 3.16. The summed E-state index contributed by atoms with van der Waals surface area (Å²) >= 11 is 0. The number of nitrogen functional groups attached to an aromatic ring is 1. The molecule has 0 spiro atoms. The van der Waals surface area contributed by atoms with Crippen molar-refractivity contribution in [1.29, 1.82) is 0 Å². The van der Waals surface area contributed by atoms with Crippen molar-refractivity contribution in [2.75, 3.05) is 12.5 Å². The van der Waals surface area contributed by atoms with E-state index < -0.39 is 0 Å². The number of rotatable bonds is 1. The fraction of sp³-hybridized carbons (Fsp3) is 0.182. The molecule has 2 aromatic rings. The van der Waals surface area contributed by atoms with E-state index in [0.29, 0.717) is 5.82 Å². The van der Waals surface area contributed by atoms with Crippen molar-refractivity contribution in [2.24, 2.45) is 0 Å². The lowest BCUT2D eigenvalue weighted by molar-refractivity contribution is 0.174. The first-order chi connectivity index (χ1) is 7.74. The van der Waals surface area contributed by atoms with E-state index in [1.807, 2.05) is 31.3 Å². The first-order valence-corrected chi connectivity index (χ1v) is 4.96. The zero-order valence-electron chi connectivity index (χ0n) is 8.80. The molecular formula is C11H11N3O2. The Labute approximate surface area is 92.4 Å². The monoisotopic (exact) mass is 217 g/mol. The largest absolute Gasteiger partial charge is 0.454 e. The van der Waals surface area contributed by atoms with Crippen molar-refractivity contribution in [2.45, 2.75) is 6.92 Å². The SMILES string of the molecule is Cc1cn(-c2ccc3c(c2)OCO3)nc1N. The minimum Gasteiger partial charge on any atom is -0.454 e. The Morgan fingerprint density at radius 1 is 1.31 bits per heavy atom. The first-order valence-electron chi connectivity index (χ1n) is 4.96. The molecule has 0 bridgehead atoms. The van der Waals surface area contributed by atoms with Gasteiger partial charge in [-0.05, 0) is 19.1 Å². The van der Waals surface area contributed by atoms with Crippen LogP contribution in [0.1, 0.15) is 5.56 Å². The second-order valence-electron chi connectivity index (χ2n) is 3.68. The molecule has 0 radical (unpaired) electrons. The Kier molecular flexibility index (Phi) is 1.80. The Bertz CT molecular complexity index is 529. The van der Waals surface area contributed by atoms with Gasteiger partial charge in [0.25, 0.3) is 0 Å². The molecule has 0 saturated carbocycles. The van der Waals surface area contributed by atoms with Gasteiger partial charge in [-0.3, -0.25) is 0 Å². The normalized spacial score (nSPS) is 13.1. The molecule has 3 rings (SSSR count). The summed E-state index contributed by atoms with van der Waals surface area (Å²) in [6, 6.07) is 5.67. The molecule has 1 aromatic heterocycles. The van der Waals surface area contributed by atoms with E-state index in [1.165, 1.54) is 0 Å². The van der Waals surface area contributed by atoms with Gasteiger partial charge in [0, 0.05) is 17.8 Å². The van der Waals surface area contributed by atoms with Crippen LogP contribution in [0.25, 0.3) is 5.69 Å². The Balaban J connectivity index is 2.07. The fourth-order valence-electron chi connectivity index (χ4n) is 1.63. The molecule has 5 heteroatoms. The molecule has 1 aromatic carbocycles. The maximum Gasteiger partial charge on any atom is 0.231 e. The van der Waals surface area contributed by atoms with Crippen molar-refractivity contribution in [3.8, 4) is 17.2 Å². The van der Waals surface area contributed by atoms with Crippen LogP contribution < -0.4 is 15.2 Å². The third-order valence-corrected chi connectivity index (χ3v) is 2.56. The van der Waals surface area contributed by atoms with Gasteiger partial charge in [0.15, 0.2) is 11.5 Å². The number of nitrogens with zero attached hydrogens (tertiary/aromatic N) is 2. The van der Waals surface area contributed by atoms with Crippen molar-refractivity contribution in [3.63, 3.8) is 0 Å². The van der Waals surface area contributed by atoms with Gasteiger partial charge in [0.05, 0.1) is 5.69 Å². The number of ether oxygens (including phenoxy) is 2. The van der Waals surface area contributed by atoms with Gasteiger partial charge in [-0.2, -0.15) is 5.10 Å². The minimum absolute atomic E-state index is 0.277. The van der Waals surface area contributed by atoms with E-state index in [-0.39, 0.29) is 6.79 Å². The Hall–Kier alpha value is -2.17. The van der Waals surface area contributed by atoms with Crippen LogP contribution in [0.15, 0.2) is 24.4 Å². The summed E-state index contributed by atoms with van der Waals surface area (Å²) in [4.78, 5) is 0. The molecule has 1 aliphatic rings. The molecule has 2 N–H and O–H groups in total. The molecule has 0 unspecified atom stereocenters. The van der Waals surface area contributed by atoms with Crippen LogP contribution in [-0.2, 0) is 0 Å². The van der Waals surface area contributed by atoms with Crippen molar-refractivity contribution in [3.05, 3.63) is 30.0 Å². The number of anilines is 1. The molecule has 82 valence electrons. The predicted octanol–water partition coefficient (Wildman–Crippen LogP) is 1.49. The minimum atomic E-state index is 0.277. The number of nitrogens with two attached hydrogens (primary N) is 1. The Morgan fingerprint density at radius 2 is 2.12 bits per heavy atom. The maximum absolute atomic E-state index is 5.70. The predicted molar refractivity (Wildman–Crippen MR) is 58.8 cm³/mol. The number of benzene rings is 1. The van der Waals surface area contributed by atoms with Crippen LogP contribution in [-0.4, -0.2) is 16.6 Å². The molecule has 0 atom stereocenters. The summed E-state index contributed by atoms with van der Waals surface area (Å²) < 4.78 is 12.3. The van der Waals surface area contributed by atoms with Gasteiger partial charge in [0.1, 0.15) is 5.82 Å². The smallest absolute Gasteiger partial charge is 0.231 e. The van der Waals surface area contributed by atoms with E-state index in [0.717, 1.165) is 22.7 Å². The van der Waals surface area contributed by atoms with E-state index in [4.69, 9.17) is 15.2 Å². The number of aromatic nitrogens is 2. The molecule has 0 aliphatic carbocycles. The summed E-state index contributed by atoms with van der Waals surface area (Å²) in [5.41, 5.74) is 7.57. The highest BCUT2D eigenvalue weighted by molar-refractivity contribution is 5.50. The quantitative estimate of drug-likeness (QED) is 0.786. The number of fused-ring (bicyclic) bond motifs is 1. The van der Waals surface area contributed by atoms with Crippen LogP contribution in [0.2, 0.25) is 0 Å². The lowest BCUT2D eigenvalue weighted by Crippen LogP contribution is -1.96. The van der Waals surface area contributed by atoms with E-state index in [9.17, 15) is 0 Å². The topological polar surface area (TPSA) is 62.3 Å². The van der Waals surface area contributed by atoms with Crippen LogP contribution in [0, 0.1) is 6.92 Å². The third-order valence-electron chi connectivity index (χ3n) is 2.56. The van der Waals surface area contributed by atoms with Crippen molar-refractivity contribution < 1.29 is 9.47 Å². The zero-order chi connectivity index (χ0) is 11.1. The molecule has 2 heterocycles. The van der Waals surface area contributed by atoms with Crippen LogP contribution in [0.4, 0.5) is 5.82 Å². The molecule has 0 fully saturated rings. The van der Waals surface area contributed by atoms with E-state index in [1.54, 1.807) is 4.68 Å². The van der Waals surface area contributed by atoms with Gasteiger partial charge < -0.3 is 15.2 Å². The molecule has 5 nitrogen and oxygen atoms in total. The number of hydrogen-bond donors (Lipinski definition) is 1. The van der Waals surface area contributed by atoms with Crippen LogP contribution in [0.5, 0.6) is 11.5 Å². The van der Waals surface area contributed by atoms with E-state index >= 15 is 0 Å². The highest BCUT2D eigenvalue weighted by Crippen LogP contribution is 2.33. The fourth-order valence-corrected chi connectivity index (χ4v) is 1.63. The summed E-state index contributed by atoms with van der Waals surface area (Å²) in [6.07, 6.45) is 1.88. The van der Waals surface area contributed by atoms with Gasteiger partial charge in [-0.1, -0.05) is 0 Å². The summed E-state index contributed by atoms with van der Waals surface area (Å²) in [6.45, 7) is 2.20. The number of aryl methyl sites for hydroxylation is 1. The van der Waals surface area contributed by atoms with Gasteiger partial charge in [-0.15, -0.1) is 0 Å². The number of hydrogen-bond acceptors (Lipinski definition) is 4. The lowest BCUT2D eigenvalue weighted by Gasteiger charge is -2.02. The second-order valence-corrected chi connectivity index (χ2v) is 3.68. The van der Waals surface area contributed by atoms with E-state index in [2.05, 4.69) is 5.10 Å². The Morgan fingerprint density at radius 3 is 2.88 bits per heavy atom. The molecule has 1 aliphatic heterocycles. The molecular weight excluding hydrogens is 206 g/mol. The summed E-state index contributed by atoms with van der Waals surface area (Å²) in [5, 5.41) is 4.20.